The maximum absolute atomic E-state index is 12.0. The highest BCUT2D eigenvalue weighted by Crippen LogP contribution is 2.33. The van der Waals surface area contributed by atoms with Gasteiger partial charge in [-0.05, 0) is 19.8 Å². The predicted octanol–water partition coefficient (Wildman–Crippen LogP) is 0.849. The first kappa shape index (κ1) is 11.6. The van der Waals surface area contributed by atoms with Crippen molar-refractivity contribution in [1.29, 1.82) is 0 Å². The number of ketones is 1. The van der Waals surface area contributed by atoms with Gasteiger partial charge in [0.25, 0.3) is 0 Å². The Morgan fingerprint density at radius 3 is 2.75 bits per heavy atom. The number of likely N-dealkylation sites (tertiary alicyclic amines) is 1. The number of carbonyl (C=O) groups is 2. The summed E-state index contributed by atoms with van der Waals surface area (Å²) in [5, 5.41) is 0. The van der Waals surface area contributed by atoms with E-state index >= 15 is 0 Å². The third-order valence-electron chi connectivity index (χ3n) is 3.72. The van der Waals surface area contributed by atoms with E-state index in [0.717, 1.165) is 13.0 Å². The second-order valence-corrected chi connectivity index (χ2v) is 5.27. The van der Waals surface area contributed by atoms with Crippen LogP contribution in [0.4, 0.5) is 0 Å². The van der Waals surface area contributed by atoms with Gasteiger partial charge < -0.3 is 9.64 Å². The zero-order valence-corrected chi connectivity index (χ0v) is 10.2. The minimum atomic E-state index is -0.549. The summed E-state index contributed by atoms with van der Waals surface area (Å²) in [5.41, 5.74) is -0.549. The van der Waals surface area contributed by atoms with Crippen LogP contribution < -0.4 is 0 Å². The highest BCUT2D eigenvalue weighted by atomic mass is 16.6. The topological polar surface area (TPSA) is 49.9 Å². The Kier molecular flexibility index (Phi) is 2.78. The van der Waals surface area contributed by atoms with Crippen LogP contribution in [0.2, 0.25) is 0 Å². The van der Waals surface area contributed by atoms with E-state index in [1.807, 2.05) is 20.9 Å². The first-order valence-corrected chi connectivity index (χ1v) is 5.87. The summed E-state index contributed by atoms with van der Waals surface area (Å²) in [7, 11) is 1.82. The standard InChI is InChI=1S/C12H19NO3/c1-8(10(14)12(2)7-16-12)6-9-4-5-13(3)11(9)15/h8-9H,4-7H2,1-3H3/t8-,9?,12+/m0/s1. The number of Topliss-reactive ketones (excluding diaryl/α,β-unsaturated/α-hetero) is 1. The molecular weight excluding hydrogens is 206 g/mol. The van der Waals surface area contributed by atoms with E-state index in [4.69, 9.17) is 4.74 Å². The van der Waals surface area contributed by atoms with Crippen molar-refractivity contribution in [3.8, 4) is 0 Å². The molecule has 2 aliphatic heterocycles. The average molecular weight is 225 g/mol. The summed E-state index contributed by atoms with van der Waals surface area (Å²) >= 11 is 0. The van der Waals surface area contributed by atoms with Crippen molar-refractivity contribution in [1.82, 2.24) is 4.90 Å². The molecule has 90 valence electrons. The van der Waals surface area contributed by atoms with Crippen LogP contribution in [0.25, 0.3) is 0 Å². The van der Waals surface area contributed by atoms with Gasteiger partial charge in [-0.3, -0.25) is 9.59 Å². The molecule has 0 aliphatic carbocycles. The molecule has 2 aliphatic rings. The number of hydrogen-bond acceptors (Lipinski definition) is 3. The van der Waals surface area contributed by atoms with E-state index in [0.29, 0.717) is 13.0 Å². The number of carbonyl (C=O) groups excluding carboxylic acids is 2. The molecule has 2 fully saturated rings. The molecule has 1 unspecified atom stereocenters. The third-order valence-corrected chi connectivity index (χ3v) is 3.72. The smallest absolute Gasteiger partial charge is 0.225 e. The number of rotatable bonds is 4. The fraction of sp³-hybridized carbons (Fsp3) is 0.833. The number of hydrogen-bond donors (Lipinski definition) is 0. The molecule has 4 heteroatoms. The summed E-state index contributed by atoms with van der Waals surface area (Å²) in [6.07, 6.45) is 1.55. The Morgan fingerprint density at radius 2 is 2.31 bits per heavy atom. The maximum Gasteiger partial charge on any atom is 0.225 e. The Labute approximate surface area is 95.9 Å². The highest BCUT2D eigenvalue weighted by Gasteiger charge is 2.49. The van der Waals surface area contributed by atoms with Crippen molar-refractivity contribution < 1.29 is 14.3 Å². The Bertz CT molecular complexity index is 322. The van der Waals surface area contributed by atoms with Crippen molar-refractivity contribution >= 4 is 11.7 Å². The van der Waals surface area contributed by atoms with E-state index in [9.17, 15) is 9.59 Å². The van der Waals surface area contributed by atoms with Crippen LogP contribution in [-0.4, -0.2) is 42.4 Å². The molecule has 0 saturated carbocycles. The zero-order valence-electron chi connectivity index (χ0n) is 10.2. The van der Waals surface area contributed by atoms with E-state index in [1.165, 1.54) is 0 Å². The summed E-state index contributed by atoms with van der Waals surface area (Å²) < 4.78 is 5.15. The first-order chi connectivity index (χ1) is 7.44. The van der Waals surface area contributed by atoms with Gasteiger partial charge >= 0.3 is 0 Å². The molecule has 0 aromatic carbocycles. The number of nitrogens with zero attached hydrogens (tertiary/aromatic N) is 1. The molecule has 0 N–H and O–H groups in total. The van der Waals surface area contributed by atoms with Gasteiger partial charge in [-0.25, -0.2) is 0 Å². The van der Waals surface area contributed by atoms with Gasteiger partial charge in [0.1, 0.15) is 5.60 Å². The third kappa shape index (κ3) is 1.98. The lowest BCUT2D eigenvalue weighted by Crippen LogP contribution is -2.30. The first-order valence-electron chi connectivity index (χ1n) is 5.87. The van der Waals surface area contributed by atoms with Crippen LogP contribution in [0, 0.1) is 11.8 Å². The van der Waals surface area contributed by atoms with Gasteiger partial charge in [-0.15, -0.1) is 0 Å². The Morgan fingerprint density at radius 1 is 1.69 bits per heavy atom. The summed E-state index contributed by atoms with van der Waals surface area (Å²) in [4.78, 5) is 25.4. The predicted molar refractivity (Wildman–Crippen MR) is 58.9 cm³/mol. The number of ether oxygens (including phenoxy) is 1. The number of epoxide rings is 1. The maximum atomic E-state index is 12.0. The monoisotopic (exact) mass is 225 g/mol. The normalized spacial score (nSPS) is 35.3. The average Bonchev–Trinajstić information content (AvgIpc) is 2.93. The second-order valence-electron chi connectivity index (χ2n) is 5.27. The quantitative estimate of drug-likeness (QED) is 0.666. The highest BCUT2D eigenvalue weighted by molar-refractivity contribution is 5.91. The molecule has 1 amide bonds. The van der Waals surface area contributed by atoms with E-state index in [1.54, 1.807) is 4.90 Å². The largest absolute Gasteiger partial charge is 0.362 e. The van der Waals surface area contributed by atoms with E-state index < -0.39 is 5.60 Å². The molecule has 0 spiro atoms. The Balaban J connectivity index is 1.90. The van der Waals surface area contributed by atoms with Crippen molar-refractivity contribution in [2.75, 3.05) is 20.2 Å². The summed E-state index contributed by atoms with van der Waals surface area (Å²) in [6, 6.07) is 0. The minimum Gasteiger partial charge on any atom is -0.362 e. The molecule has 0 radical (unpaired) electrons. The van der Waals surface area contributed by atoms with Gasteiger partial charge in [0, 0.05) is 25.4 Å². The zero-order chi connectivity index (χ0) is 11.9. The van der Waals surface area contributed by atoms with Crippen molar-refractivity contribution in [2.24, 2.45) is 11.8 Å². The molecular formula is C12H19NO3. The summed E-state index contributed by atoms with van der Waals surface area (Å²) in [6.45, 7) is 5.09. The van der Waals surface area contributed by atoms with Crippen molar-refractivity contribution in [2.45, 2.75) is 32.3 Å². The van der Waals surface area contributed by atoms with E-state index in [-0.39, 0.29) is 23.5 Å². The van der Waals surface area contributed by atoms with Crippen LogP contribution in [-0.2, 0) is 14.3 Å². The lowest BCUT2D eigenvalue weighted by molar-refractivity contribution is -0.131. The second kappa shape index (κ2) is 3.84. The minimum absolute atomic E-state index is 0.0336. The fourth-order valence-electron chi connectivity index (χ4n) is 2.42. The lowest BCUT2D eigenvalue weighted by Gasteiger charge is -2.16. The van der Waals surface area contributed by atoms with Crippen LogP contribution in [0.5, 0.6) is 0 Å². The lowest BCUT2D eigenvalue weighted by atomic mass is 9.87. The molecule has 2 heterocycles. The van der Waals surface area contributed by atoms with Crippen LogP contribution in [0.3, 0.4) is 0 Å². The van der Waals surface area contributed by atoms with Crippen LogP contribution >= 0.6 is 0 Å². The molecule has 0 bridgehead atoms. The van der Waals surface area contributed by atoms with E-state index in [2.05, 4.69) is 0 Å². The molecule has 16 heavy (non-hydrogen) atoms. The van der Waals surface area contributed by atoms with Gasteiger partial charge in [0.05, 0.1) is 6.61 Å². The van der Waals surface area contributed by atoms with Gasteiger partial charge in [0.15, 0.2) is 5.78 Å². The van der Waals surface area contributed by atoms with Crippen LogP contribution in [0.15, 0.2) is 0 Å². The molecule has 3 atom stereocenters. The van der Waals surface area contributed by atoms with Crippen LogP contribution in [0.1, 0.15) is 26.7 Å². The SMILES string of the molecule is C[C@@H](CC1CCN(C)C1=O)C(=O)[C@@]1(C)CO1. The van der Waals surface area contributed by atoms with Gasteiger partial charge in [0.2, 0.25) is 5.91 Å². The molecule has 4 nitrogen and oxygen atoms in total. The molecule has 2 rings (SSSR count). The number of amides is 1. The Hall–Kier alpha value is -0.900. The van der Waals surface area contributed by atoms with Crippen molar-refractivity contribution in [3.05, 3.63) is 0 Å². The molecule has 0 aromatic rings. The molecule has 2 saturated heterocycles. The van der Waals surface area contributed by atoms with Crippen molar-refractivity contribution in [3.63, 3.8) is 0 Å². The fourth-order valence-corrected chi connectivity index (χ4v) is 2.42. The van der Waals surface area contributed by atoms with Gasteiger partial charge in [-0.1, -0.05) is 6.92 Å². The summed E-state index contributed by atoms with van der Waals surface area (Å²) in [5.74, 6) is 0.288. The molecule has 0 aromatic heterocycles. The van der Waals surface area contributed by atoms with Gasteiger partial charge in [-0.2, -0.15) is 0 Å².